The van der Waals surface area contributed by atoms with Crippen molar-refractivity contribution in [3.63, 3.8) is 0 Å². The molecular formula is C31H35N5O3. The van der Waals surface area contributed by atoms with Crippen molar-refractivity contribution in [1.29, 1.82) is 0 Å². The van der Waals surface area contributed by atoms with E-state index in [1.54, 1.807) is 9.36 Å². The number of aryl methyl sites for hydroxylation is 1. The first-order chi connectivity index (χ1) is 19.0. The van der Waals surface area contributed by atoms with E-state index in [0.29, 0.717) is 11.6 Å². The van der Waals surface area contributed by atoms with Crippen molar-refractivity contribution in [2.45, 2.75) is 76.9 Å². The number of carboxylic acids is 1. The second kappa shape index (κ2) is 10.7. The lowest BCUT2D eigenvalue weighted by molar-refractivity contribution is 0.0695. The molecule has 4 aromatic rings. The summed E-state index contributed by atoms with van der Waals surface area (Å²) in [5.74, 6) is 0.700. The highest BCUT2D eigenvalue weighted by molar-refractivity contribution is 5.89. The number of carboxylic acid groups (broad SMARTS) is 1. The maximum absolute atomic E-state index is 12.1. The molecule has 1 unspecified atom stereocenters. The third-order valence-corrected chi connectivity index (χ3v) is 8.33. The molecule has 0 spiro atoms. The topological polar surface area (TPSA) is 95.1 Å². The Balaban J connectivity index is 1.27. The highest BCUT2D eigenvalue weighted by Crippen LogP contribution is 2.55. The Morgan fingerprint density at radius 2 is 1.85 bits per heavy atom. The molecule has 3 atom stereocenters. The number of hydrogen-bond donors (Lipinski definition) is 1. The van der Waals surface area contributed by atoms with E-state index in [4.69, 9.17) is 4.74 Å². The highest BCUT2D eigenvalue weighted by atomic mass is 16.5. The Kier molecular flexibility index (Phi) is 6.94. The highest BCUT2D eigenvalue weighted by Gasteiger charge is 2.46. The molecule has 2 aromatic carbocycles. The molecule has 2 heterocycles. The van der Waals surface area contributed by atoms with Crippen LogP contribution in [-0.4, -0.2) is 42.0 Å². The number of ether oxygens (including phenoxy) is 1. The van der Waals surface area contributed by atoms with Gasteiger partial charge in [-0.2, -0.15) is 5.10 Å². The van der Waals surface area contributed by atoms with Gasteiger partial charge in [-0.25, -0.2) is 9.48 Å². The first-order valence-electron chi connectivity index (χ1n) is 14.1. The molecule has 0 bridgehead atoms. The zero-order chi connectivity index (χ0) is 26.9. The maximum atomic E-state index is 12.1. The van der Waals surface area contributed by atoms with Gasteiger partial charge in [0, 0.05) is 24.6 Å². The number of aromatic nitrogens is 5. The minimum Gasteiger partial charge on any atom is -0.490 e. The van der Waals surface area contributed by atoms with Gasteiger partial charge in [-0.3, -0.25) is 4.68 Å². The molecule has 2 aromatic heterocycles. The lowest BCUT2D eigenvalue weighted by Gasteiger charge is -2.28. The van der Waals surface area contributed by atoms with Crippen LogP contribution in [0.2, 0.25) is 0 Å². The third kappa shape index (κ3) is 5.20. The molecule has 2 saturated carbocycles. The number of rotatable bonds is 9. The van der Waals surface area contributed by atoms with Crippen molar-refractivity contribution in [2.24, 2.45) is 5.92 Å². The number of nitrogens with zero attached hydrogens (tertiary/aromatic N) is 5. The standard InChI is InChI=1S/C31H35N5O3/c1-3-35-19-29(33-34-35)26-17-27(26)30-28(31(37)38)18-32-36(30)24-13-7-11-22(15-24)23-12-8-14-25(16-23)39-20(2)21-9-5-4-6-10-21/h7-8,11-16,18-21,26-27H,3-6,9-10,17H2,1-2H3,(H,37,38)/t20?,26-,27-/m1/s1. The molecule has 8 nitrogen and oxygen atoms in total. The summed E-state index contributed by atoms with van der Waals surface area (Å²) >= 11 is 0. The normalized spacial score (nSPS) is 20.1. The summed E-state index contributed by atoms with van der Waals surface area (Å²) in [5.41, 5.74) is 4.77. The van der Waals surface area contributed by atoms with Crippen LogP contribution >= 0.6 is 0 Å². The average Bonchev–Trinajstić information content (AvgIpc) is 3.38. The van der Waals surface area contributed by atoms with E-state index in [1.165, 1.54) is 38.3 Å². The Hall–Kier alpha value is -3.94. The van der Waals surface area contributed by atoms with Crippen LogP contribution in [-0.2, 0) is 6.54 Å². The molecule has 0 aliphatic heterocycles. The van der Waals surface area contributed by atoms with Gasteiger partial charge in [0.25, 0.3) is 0 Å². The lowest BCUT2D eigenvalue weighted by Crippen LogP contribution is -2.25. The molecule has 202 valence electrons. The van der Waals surface area contributed by atoms with Gasteiger partial charge in [0.1, 0.15) is 11.3 Å². The van der Waals surface area contributed by atoms with Gasteiger partial charge in [0.05, 0.1) is 29.4 Å². The lowest BCUT2D eigenvalue weighted by atomic mass is 9.86. The van der Waals surface area contributed by atoms with Crippen molar-refractivity contribution < 1.29 is 14.6 Å². The zero-order valence-corrected chi connectivity index (χ0v) is 22.5. The summed E-state index contributed by atoms with van der Waals surface area (Å²) < 4.78 is 9.98. The molecule has 0 amide bonds. The molecule has 39 heavy (non-hydrogen) atoms. The molecule has 0 saturated heterocycles. The van der Waals surface area contributed by atoms with Crippen LogP contribution in [0.1, 0.15) is 86.0 Å². The Morgan fingerprint density at radius 3 is 2.59 bits per heavy atom. The molecule has 6 rings (SSSR count). The quantitative estimate of drug-likeness (QED) is 0.269. The smallest absolute Gasteiger partial charge is 0.339 e. The van der Waals surface area contributed by atoms with Crippen LogP contribution in [0.15, 0.2) is 60.9 Å². The van der Waals surface area contributed by atoms with E-state index in [1.807, 2.05) is 37.4 Å². The van der Waals surface area contributed by atoms with E-state index in [2.05, 4.69) is 46.6 Å². The predicted octanol–water partition coefficient (Wildman–Crippen LogP) is 6.47. The van der Waals surface area contributed by atoms with E-state index in [9.17, 15) is 9.90 Å². The van der Waals surface area contributed by atoms with Gasteiger partial charge in [-0.15, -0.1) is 5.10 Å². The van der Waals surface area contributed by atoms with Crippen molar-refractivity contribution in [2.75, 3.05) is 0 Å². The average molecular weight is 526 g/mol. The van der Waals surface area contributed by atoms with E-state index in [-0.39, 0.29) is 23.5 Å². The molecule has 2 aliphatic carbocycles. The zero-order valence-electron chi connectivity index (χ0n) is 22.5. The van der Waals surface area contributed by atoms with E-state index in [0.717, 1.165) is 41.2 Å². The molecule has 1 N–H and O–H groups in total. The Bertz CT molecular complexity index is 1470. The summed E-state index contributed by atoms with van der Waals surface area (Å²) in [7, 11) is 0. The van der Waals surface area contributed by atoms with Crippen LogP contribution in [0.25, 0.3) is 16.8 Å². The number of aromatic carboxylic acids is 1. The fraction of sp³-hybridized carbons (Fsp3) is 0.419. The van der Waals surface area contributed by atoms with Crippen LogP contribution in [0, 0.1) is 5.92 Å². The molecule has 0 radical (unpaired) electrons. The number of hydrogen-bond acceptors (Lipinski definition) is 5. The van der Waals surface area contributed by atoms with Crippen molar-refractivity contribution in [1.82, 2.24) is 24.8 Å². The van der Waals surface area contributed by atoms with Gasteiger partial charge in [-0.1, -0.05) is 48.7 Å². The molecular weight excluding hydrogens is 490 g/mol. The summed E-state index contributed by atoms with van der Waals surface area (Å²) in [5, 5.41) is 22.9. The van der Waals surface area contributed by atoms with Crippen LogP contribution in [0.4, 0.5) is 0 Å². The largest absolute Gasteiger partial charge is 0.490 e. The molecule has 2 aliphatic rings. The van der Waals surface area contributed by atoms with Gasteiger partial charge < -0.3 is 9.84 Å². The van der Waals surface area contributed by atoms with E-state index >= 15 is 0 Å². The van der Waals surface area contributed by atoms with Crippen molar-refractivity contribution in [3.05, 3.63) is 77.9 Å². The first-order valence-corrected chi connectivity index (χ1v) is 14.1. The van der Waals surface area contributed by atoms with Gasteiger partial charge >= 0.3 is 5.97 Å². The van der Waals surface area contributed by atoms with Crippen molar-refractivity contribution in [3.8, 4) is 22.6 Å². The fourth-order valence-corrected chi connectivity index (χ4v) is 6.03. The Morgan fingerprint density at radius 1 is 1.08 bits per heavy atom. The Labute approximate surface area is 228 Å². The first kappa shape index (κ1) is 25.3. The summed E-state index contributed by atoms with van der Waals surface area (Å²) in [4.78, 5) is 12.1. The fourth-order valence-electron chi connectivity index (χ4n) is 6.03. The second-order valence-electron chi connectivity index (χ2n) is 10.9. The predicted molar refractivity (Wildman–Crippen MR) is 148 cm³/mol. The molecule has 2 fully saturated rings. The SMILES string of the molecule is CCn1cc([C@@H]2C[C@H]2c2c(C(=O)O)cnn2-c2cccc(-c3cccc(OC(C)C4CCCCC4)c3)c2)nn1. The summed E-state index contributed by atoms with van der Waals surface area (Å²) in [6.45, 7) is 4.96. The van der Waals surface area contributed by atoms with Gasteiger partial charge in [0.2, 0.25) is 0 Å². The second-order valence-corrected chi connectivity index (χ2v) is 10.9. The van der Waals surface area contributed by atoms with Crippen LogP contribution < -0.4 is 4.74 Å². The van der Waals surface area contributed by atoms with Crippen LogP contribution in [0.3, 0.4) is 0 Å². The van der Waals surface area contributed by atoms with Gasteiger partial charge in [-0.05, 0) is 74.4 Å². The molecule has 8 heteroatoms. The number of benzene rings is 2. The monoisotopic (exact) mass is 525 g/mol. The van der Waals surface area contributed by atoms with Crippen LogP contribution in [0.5, 0.6) is 5.75 Å². The summed E-state index contributed by atoms with van der Waals surface area (Å²) in [6.07, 6.45) is 10.8. The number of carbonyl (C=O) groups is 1. The third-order valence-electron chi connectivity index (χ3n) is 8.33. The van der Waals surface area contributed by atoms with E-state index < -0.39 is 5.97 Å². The van der Waals surface area contributed by atoms with Crippen molar-refractivity contribution >= 4 is 5.97 Å². The maximum Gasteiger partial charge on any atom is 0.339 e. The minimum atomic E-state index is -0.966. The summed E-state index contributed by atoms with van der Waals surface area (Å²) in [6, 6.07) is 16.3. The van der Waals surface area contributed by atoms with Gasteiger partial charge in [0.15, 0.2) is 0 Å². The minimum absolute atomic E-state index is 0.0299.